The Morgan fingerprint density at radius 2 is 0.662 bits per heavy atom. The van der Waals surface area contributed by atoms with Crippen molar-refractivity contribution < 1.29 is 0 Å². The van der Waals surface area contributed by atoms with E-state index in [2.05, 4.69) is 31.0 Å². The number of thiazole rings is 12. The number of anilines is 1. The first-order valence-electron chi connectivity index (χ1n) is 18.6. The van der Waals surface area contributed by atoms with E-state index in [1.165, 1.54) is 0 Å². The van der Waals surface area contributed by atoms with Gasteiger partial charge in [0, 0.05) is 70.8 Å². The number of aromatic nitrogens is 12. The lowest BCUT2D eigenvalue weighted by Crippen LogP contribution is -2.16. The van der Waals surface area contributed by atoms with Gasteiger partial charge in [0.25, 0.3) is 0 Å². The van der Waals surface area contributed by atoms with Crippen molar-refractivity contribution in [3.8, 4) is 107 Å². The molecule has 1 aliphatic rings. The number of hydrogen-bond acceptors (Lipinski definition) is 26. The van der Waals surface area contributed by atoms with E-state index in [9.17, 15) is 0 Å². The summed E-state index contributed by atoms with van der Waals surface area (Å²) in [5, 5.41) is 36.0. The maximum absolute atomic E-state index is 4.96. The van der Waals surface area contributed by atoms with Crippen molar-refractivity contribution in [3.63, 3.8) is 0 Å². The first kappa shape index (κ1) is 40.7. The van der Waals surface area contributed by atoms with Crippen molar-refractivity contribution in [2.75, 3.05) is 10.8 Å². The van der Waals surface area contributed by atoms with Gasteiger partial charge in [0.15, 0.2) is 0 Å². The minimum absolute atomic E-state index is 0.815. The largest absolute Gasteiger partial charge is 0.312 e. The van der Waals surface area contributed by atoms with Crippen molar-refractivity contribution in [2.45, 2.75) is 0 Å². The van der Waals surface area contributed by atoms with Crippen LogP contribution in [0.15, 0.2) is 81.7 Å². The second-order valence-electron chi connectivity index (χ2n) is 13.3. The van der Waals surface area contributed by atoms with Gasteiger partial charge in [-0.3, -0.25) is 0 Å². The molecule has 316 valence electrons. The molecule has 0 atom stereocenters. The summed E-state index contributed by atoms with van der Waals surface area (Å²) >= 11 is 20.6. The summed E-state index contributed by atoms with van der Waals surface area (Å²) in [5.74, 6) is 1.79. The Kier molecular flexibility index (Phi) is 10.8. The minimum Gasteiger partial charge on any atom is -0.312 e. The molecule has 0 fully saturated rings. The Balaban J connectivity index is 0.662. The van der Waals surface area contributed by atoms with Crippen molar-refractivity contribution in [3.05, 3.63) is 86.7 Å². The van der Waals surface area contributed by atoms with E-state index in [4.69, 9.17) is 49.8 Å². The lowest BCUT2D eigenvalue weighted by atomic mass is 10.4. The minimum atomic E-state index is 0.815. The second kappa shape index (κ2) is 17.3. The highest BCUT2D eigenvalue weighted by Gasteiger charge is 2.25. The van der Waals surface area contributed by atoms with E-state index >= 15 is 0 Å². The molecule has 0 bridgehead atoms. The van der Waals surface area contributed by atoms with Crippen LogP contribution < -0.4 is 4.90 Å². The smallest absolute Gasteiger partial charge is 0.144 e. The number of nitrogens with zero attached hydrogens (tertiary/aromatic N) is 13. The summed E-state index contributed by atoms with van der Waals surface area (Å²) in [6.07, 6.45) is 1.79. The maximum atomic E-state index is 4.96. The highest BCUT2D eigenvalue weighted by molar-refractivity contribution is 8.02. The molecule has 0 saturated heterocycles. The van der Waals surface area contributed by atoms with Gasteiger partial charge in [-0.05, 0) is 5.41 Å². The average molecular weight is 1080 g/mol. The van der Waals surface area contributed by atoms with Crippen LogP contribution in [0.1, 0.15) is 5.01 Å². The molecule has 0 radical (unpaired) electrons. The third kappa shape index (κ3) is 7.91. The van der Waals surface area contributed by atoms with Crippen LogP contribution in [-0.4, -0.2) is 65.7 Å². The average Bonchev–Trinajstić information content (AvgIpc) is 4.17. The molecule has 65 heavy (non-hydrogen) atoms. The van der Waals surface area contributed by atoms with E-state index in [1.807, 2.05) is 59.3 Å². The summed E-state index contributed by atoms with van der Waals surface area (Å²) in [7, 11) is 0. The van der Waals surface area contributed by atoms with Gasteiger partial charge < -0.3 is 4.90 Å². The molecule has 13 heterocycles. The molecular formula is C39H17N13S13. The first-order valence-corrected chi connectivity index (χ1v) is 30.2. The predicted octanol–water partition coefficient (Wildman–Crippen LogP) is 14.3. The van der Waals surface area contributed by atoms with Crippen molar-refractivity contribution in [2.24, 2.45) is 0 Å². The quantitative estimate of drug-likeness (QED) is 0.114. The molecule has 0 aromatic carbocycles. The third-order valence-electron chi connectivity index (χ3n) is 9.27. The van der Waals surface area contributed by atoms with Gasteiger partial charge in [-0.15, -0.1) is 148 Å². The molecule has 12 aromatic heterocycles. The summed E-state index contributed by atoms with van der Waals surface area (Å²) in [6.45, 7) is 0. The van der Waals surface area contributed by atoms with Crippen LogP contribution in [0.25, 0.3) is 113 Å². The van der Waals surface area contributed by atoms with Gasteiger partial charge in [0.2, 0.25) is 0 Å². The SMILES string of the molecule is C1=C(c2nc(-c3nc(-c4nc(-c5nc(-c6nc(-c7nc(-c8nc(-c9nc(-c%10nc(-c%11nc(-c%12nccs%12)cs%11)cs%10)cs9)cs8)cs7)cs6)cs5)cs4)cs3)cs2)N(c2cscn2)CS1. The van der Waals surface area contributed by atoms with Crippen LogP contribution in [-0.2, 0) is 0 Å². The zero-order chi connectivity index (χ0) is 42.8. The standard InChI is InChI=1S/C39H17N13S13/c1-2-55-29(40-1)17-3-56-30(42-17)18-4-57-31(43-18)19-5-58-32(44-19)20-6-59-33(45-20)21-7-60-34(46-21)22-8-61-35(47-22)23-9-62-36(48-23)24-10-63-37(49-24)25-11-64-38(50-25)26-12-65-39(51-26)27-13-54-16-52(27)28-14-53-15-41-28/h1-15H,16H2. The van der Waals surface area contributed by atoms with Crippen molar-refractivity contribution in [1.29, 1.82) is 0 Å². The van der Waals surface area contributed by atoms with Gasteiger partial charge in [0.05, 0.1) is 17.1 Å². The fourth-order valence-electron chi connectivity index (χ4n) is 6.26. The molecule has 12 aromatic rings. The highest BCUT2D eigenvalue weighted by atomic mass is 32.2. The van der Waals surface area contributed by atoms with Crippen LogP contribution in [0.4, 0.5) is 5.82 Å². The fraction of sp³-hybridized carbons (Fsp3) is 0.0256. The fourth-order valence-corrected chi connectivity index (χ4v) is 16.8. The molecule has 26 heteroatoms. The number of thioether (sulfide) groups is 1. The van der Waals surface area contributed by atoms with Crippen LogP contribution in [0, 0.1) is 0 Å². The topological polar surface area (TPSA) is 158 Å². The Morgan fingerprint density at radius 1 is 0.338 bits per heavy atom. The van der Waals surface area contributed by atoms with E-state index in [-0.39, 0.29) is 0 Å². The lowest BCUT2D eigenvalue weighted by molar-refractivity contribution is 1.14. The van der Waals surface area contributed by atoms with Crippen LogP contribution >= 0.6 is 148 Å². The summed E-state index contributed by atoms with van der Waals surface area (Å²) in [5.41, 5.74) is 11.3. The van der Waals surface area contributed by atoms with Crippen LogP contribution in [0.5, 0.6) is 0 Å². The molecule has 1 aliphatic heterocycles. The summed E-state index contributed by atoms with van der Waals surface area (Å²) in [4.78, 5) is 60.2. The van der Waals surface area contributed by atoms with Crippen molar-refractivity contribution >= 4 is 159 Å². The zero-order valence-electron chi connectivity index (χ0n) is 32.0. The Labute approximate surface area is 419 Å². The van der Waals surface area contributed by atoms with Gasteiger partial charge in [-0.25, -0.2) is 59.8 Å². The van der Waals surface area contributed by atoms with Crippen LogP contribution in [0.3, 0.4) is 0 Å². The van der Waals surface area contributed by atoms with Crippen LogP contribution in [0.2, 0.25) is 0 Å². The molecular weight excluding hydrogens is 1070 g/mol. The maximum Gasteiger partial charge on any atom is 0.144 e. The molecule has 0 N–H and O–H groups in total. The molecule has 0 amide bonds. The van der Waals surface area contributed by atoms with Gasteiger partial charge in [0.1, 0.15) is 118 Å². The summed E-state index contributed by atoms with van der Waals surface area (Å²) < 4.78 is 0. The Hall–Kier alpha value is -4.55. The molecule has 0 aliphatic carbocycles. The second-order valence-corrected chi connectivity index (χ2v) is 24.3. The van der Waals surface area contributed by atoms with E-state index in [0.29, 0.717) is 0 Å². The highest BCUT2D eigenvalue weighted by Crippen LogP contribution is 2.42. The van der Waals surface area contributed by atoms with Gasteiger partial charge >= 0.3 is 0 Å². The predicted molar refractivity (Wildman–Crippen MR) is 278 cm³/mol. The van der Waals surface area contributed by atoms with Gasteiger partial charge in [-0.1, -0.05) is 0 Å². The molecule has 13 nitrogen and oxygen atoms in total. The molecule has 0 unspecified atom stereocenters. The van der Waals surface area contributed by atoms with E-state index in [1.54, 1.807) is 154 Å². The van der Waals surface area contributed by atoms with Gasteiger partial charge in [-0.2, -0.15) is 0 Å². The lowest BCUT2D eigenvalue weighted by Gasteiger charge is -2.16. The number of hydrogen-bond donors (Lipinski definition) is 0. The normalized spacial score (nSPS) is 12.9. The Morgan fingerprint density at radius 3 is 0.969 bits per heavy atom. The molecule has 0 spiro atoms. The van der Waals surface area contributed by atoms with E-state index in [0.717, 1.165) is 129 Å². The molecule has 13 rings (SSSR count). The monoisotopic (exact) mass is 1080 g/mol. The van der Waals surface area contributed by atoms with E-state index < -0.39 is 0 Å². The third-order valence-corrected chi connectivity index (χ3v) is 20.1. The zero-order valence-corrected chi connectivity index (χ0v) is 42.6. The number of rotatable bonds is 12. The first-order chi connectivity index (χ1) is 32.1. The molecule has 0 saturated carbocycles. The summed E-state index contributed by atoms with van der Waals surface area (Å²) in [6, 6.07) is 0. The van der Waals surface area contributed by atoms with Crippen molar-refractivity contribution in [1.82, 2.24) is 59.8 Å². The Bertz CT molecular complexity index is 3620.